The fourth-order valence-corrected chi connectivity index (χ4v) is 2.45. The molecule has 0 saturated carbocycles. The Morgan fingerprint density at radius 2 is 2.00 bits per heavy atom. The van der Waals surface area contributed by atoms with E-state index in [-0.39, 0.29) is 4.90 Å². The summed E-state index contributed by atoms with van der Waals surface area (Å²) in [5.41, 5.74) is 0.641. The molecule has 96 valence electrons. The lowest BCUT2D eigenvalue weighted by Crippen LogP contribution is -2.21. The molecule has 0 amide bonds. The van der Waals surface area contributed by atoms with E-state index in [1.54, 1.807) is 30.0 Å². The average Bonchev–Trinajstić information content (AvgIpc) is 2.36. The van der Waals surface area contributed by atoms with Crippen molar-refractivity contribution in [1.29, 1.82) is 0 Å². The van der Waals surface area contributed by atoms with Crippen LogP contribution in [-0.4, -0.2) is 33.5 Å². The predicted octanol–water partition coefficient (Wildman–Crippen LogP) is 1.76. The van der Waals surface area contributed by atoms with Gasteiger partial charge < -0.3 is 5.32 Å². The van der Waals surface area contributed by atoms with E-state index in [1.165, 1.54) is 7.05 Å². The molecule has 2 N–H and O–H groups in total. The summed E-state index contributed by atoms with van der Waals surface area (Å²) in [6, 6.07) is 6.91. The van der Waals surface area contributed by atoms with Crippen LogP contribution < -0.4 is 10.0 Å². The molecule has 0 bridgehead atoms. The van der Waals surface area contributed by atoms with Crippen molar-refractivity contribution in [2.75, 3.05) is 25.2 Å². The third-order valence-corrected chi connectivity index (χ3v) is 4.87. The molecule has 6 heteroatoms. The highest BCUT2D eigenvalue weighted by Crippen LogP contribution is 2.20. The zero-order chi connectivity index (χ0) is 12.9. The van der Waals surface area contributed by atoms with Gasteiger partial charge in [0.05, 0.1) is 5.69 Å². The molecule has 0 spiro atoms. The summed E-state index contributed by atoms with van der Waals surface area (Å²) in [4.78, 5) is 0.288. The number of nitrogens with one attached hydrogen (secondary N) is 2. The number of anilines is 1. The topological polar surface area (TPSA) is 58.2 Å². The second kappa shape index (κ2) is 6.28. The highest BCUT2D eigenvalue weighted by molar-refractivity contribution is 7.99. The fraction of sp³-hybridized carbons (Fsp3) is 0.455. The zero-order valence-electron chi connectivity index (χ0n) is 10.2. The van der Waals surface area contributed by atoms with Crippen LogP contribution in [0.15, 0.2) is 29.2 Å². The van der Waals surface area contributed by atoms with Crippen LogP contribution in [0.5, 0.6) is 0 Å². The molecule has 1 aromatic carbocycles. The summed E-state index contributed by atoms with van der Waals surface area (Å²) < 4.78 is 25.9. The van der Waals surface area contributed by atoms with Crippen molar-refractivity contribution in [3.63, 3.8) is 0 Å². The Labute approximate surface area is 107 Å². The van der Waals surface area contributed by atoms with Crippen LogP contribution in [0.3, 0.4) is 0 Å². The van der Waals surface area contributed by atoms with Gasteiger partial charge in [0.2, 0.25) is 10.0 Å². The Kier molecular flexibility index (Phi) is 5.30. The summed E-state index contributed by atoms with van der Waals surface area (Å²) in [5.74, 6) is 0. The summed E-state index contributed by atoms with van der Waals surface area (Å²) >= 11 is 1.74. The van der Waals surface area contributed by atoms with Gasteiger partial charge in [-0.15, -0.1) is 0 Å². The van der Waals surface area contributed by atoms with E-state index in [2.05, 4.69) is 17.0 Å². The average molecular weight is 274 g/mol. The number of rotatable bonds is 6. The highest BCUT2D eigenvalue weighted by atomic mass is 32.2. The van der Waals surface area contributed by atoms with Gasteiger partial charge in [0.15, 0.2) is 0 Å². The standard InChI is InChI=1S/C11H18N2O2S2/c1-9(16-3)8-13-10-6-4-5-7-11(10)17(14,15)12-2/h4-7,9,12-13H,8H2,1-3H3. The van der Waals surface area contributed by atoms with Crippen molar-refractivity contribution < 1.29 is 8.42 Å². The molecule has 0 fully saturated rings. The molecule has 1 rings (SSSR count). The van der Waals surface area contributed by atoms with E-state index < -0.39 is 10.0 Å². The maximum absolute atomic E-state index is 11.8. The Hall–Kier alpha value is -0.720. The smallest absolute Gasteiger partial charge is 0.242 e. The molecular formula is C11H18N2O2S2. The van der Waals surface area contributed by atoms with Crippen molar-refractivity contribution in [3.8, 4) is 0 Å². The van der Waals surface area contributed by atoms with Gasteiger partial charge in [-0.25, -0.2) is 13.1 Å². The third kappa shape index (κ3) is 3.90. The van der Waals surface area contributed by atoms with Crippen LogP contribution in [-0.2, 0) is 10.0 Å². The number of hydrogen-bond acceptors (Lipinski definition) is 4. The summed E-state index contributed by atoms with van der Waals surface area (Å²) in [5, 5.41) is 3.60. The van der Waals surface area contributed by atoms with E-state index in [9.17, 15) is 8.42 Å². The first-order chi connectivity index (χ1) is 8.01. The molecule has 0 aliphatic heterocycles. The Morgan fingerprint density at radius 3 is 2.59 bits per heavy atom. The monoisotopic (exact) mass is 274 g/mol. The Balaban J connectivity index is 2.93. The molecule has 0 aliphatic rings. The molecule has 0 radical (unpaired) electrons. The van der Waals surface area contributed by atoms with Gasteiger partial charge in [-0.1, -0.05) is 19.1 Å². The van der Waals surface area contributed by atoms with Crippen LogP contribution in [0.25, 0.3) is 0 Å². The van der Waals surface area contributed by atoms with Crippen LogP contribution in [0, 0.1) is 0 Å². The molecular weight excluding hydrogens is 256 g/mol. The van der Waals surface area contributed by atoms with Crippen LogP contribution in [0.4, 0.5) is 5.69 Å². The molecule has 0 aromatic heterocycles. The highest BCUT2D eigenvalue weighted by Gasteiger charge is 2.15. The van der Waals surface area contributed by atoms with Gasteiger partial charge in [0.25, 0.3) is 0 Å². The number of benzene rings is 1. The molecule has 1 unspecified atom stereocenters. The first-order valence-corrected chi connectivity index (χ1v) is 8.07. The van der Waals surface area contributed by atoms with Gasteiger partial charge in [-0.3, -0.25) is 0 Å². The molecule has 17 heavy (non-hydrogen) atoms. The van der Waals surface area contributed by atoms with Crippen LogP contribution >= 0.6 is 11.8 Å². The maximum atomic E-state index is 11.8. The van der Waals surface area contributed by atoms with Crippen molar-refractivity contribution >= 4 is 27.5 Å². The lowest BCUT2D eigenvalue weighted by Gasteiger charge is -2.14. The fourth-order valence-electron chi connectivity index (χ4n) is 1.29. The van der Waals surface area contributed by atoms with E-state index in [1.807, 2.05) is 12.3 Å². The van der Waals surface area contributed by atoms with Crippen molar-refractivity contribution in [1.82, 2.24) is 4.72 Å². The normalized spacial score (nSPS) is 13.4. The van der Waals surface area contributed by atoms with Crippen molar-refractivity contribution in [3.05, 3.63) is 24.3 Å². The first-order valence-electron chi connectivity index (χ1n) is 5.30. The number of thioether (sulfide) groups is 1. The van der Waals surface area contributed by atoms with Gasteiger partial charge in [-0.2, -0.15) is 11.8 Å². The molecule has 1 atom stereocenters. The van der Waals surface area contributed by atoms with Gasteiger partial charge >= 0.3 is 0 Å². The summed E-state index contributed by atoms with van der Waals surface area (Å²) in [7, 11) is -1.99. The Bertz CT molecular complexity index is 460. The molecule has 0 heterocycles. The van der Waals surface area contributed by atoms with Crippen molar-refractivity contribution in [2.45, 2.75) is 17.1 Å². The van der Waals surface area contributed by atoms with E-state index in [4.69, 9.17) is 0 Å². The second-order valence-corrected chi connectivity index (χ2v) is 6.76. The largest absolute Gasteiger partial charge is 0.383 e. The minimum atomic E-state index is -3.40. The SMILES string of the molecule is CNS(=O)(=O)c1ccccc1NCC(C)SC. The van der Waals surface area contributed by atoms with Crippen LogP contribution in [0.2, 0.25) is 0 Å². The minimum absolute atomic E-state index is 0.288. The van der Waals surface area contributed by atoms with Gasteiger partial charge in [-0.05, 0) is 25.4 Å². The predicted molar refractivity (Wildman–Crippen MR) is 74.2 cm³/mol. The second-order valence-electron chi connectivity index (χ2n) is 3.63. The first kappa shape index (κ1) is 14.3. The van der Waals surface area contributed by atoms with Crippen LogP contribution in [0.1, 0.15) is 6.92 Å². The quantitative estimate of drug-likeness (QED) is 0.830. The molecule has 1 aromatic rings. The minimum Gasteiger partial charge on any atom is -0.383 e. The number of hydrogen-bond donors (Lipinski definition) is 2. The van der Waals surface area contributed by atoms with E-state index in [0.717, 1.165) is 6.54 Å². The number of para-hydroxylation sites is 1. The third-order valence-electron chi connectivity index (χ3n) is 2.43. The number of sulfonamides is 1. The van der Waals surface area contributed by atoms with Gasteiger partial charge in [0.1, 0.15) is 4.90 Å². The lowest BCUT2D eigenvalue weighted by atomic mass is 10.3. The summed E-state index contributed by atoms with van der Waals surface area (Å²) in [6.07, 6.45) is 2.03. The lowest BCUT2D eigenvalue weighted by molar-refractivity contribution is 0.588. The molecule has 0 saturated heterocycles. The Morgan fingerprint density at radius 1 is 1.35 bits per heavy atom. The van der Waals surface area contributed by atoms with Gasteiger partial charge in [0, 0.05) is 11.8 Å². The molecule has 4 nitrogen and oxygen atoms in total. The van der Waals surface area contributed by atoms with Crippen molar-refractivity contribution in [2.24, 2.45) is 0 Å². The van der Waals surface area contributed by atoms with E-state index in [0.29, 0.717) is 10.9 Å². The summed E-state index contributed by atoms with van der Waals surface area (Å²) in [6.45, 7) is 2.82. The zero-order valence-corrected chi connectivity index (χ0v) is 11.9. The maximum Gasteiger partial charge on any atom is 0.242 e. The van der Waals surface area contributed by atoms with E-state index >= 15 is 0 Å². The molecule has 0 aliphatic carbocycles.